The van der Waals surface area contributed by atoms with E-state index in [0.717, 1.165) is 31.9 Å². The molecule has 1 aliphatic heterocycles. The highest BCUT2D eigenvalue weighted by atomic mass is 16.6. The van der Waals surface area contributed by atoms with E-state index in [2.05, 4.69) is 38.7 Å². The second kappa shape index (κ2) is 10.4. The molecule has 186 valence electrons. The maximum absolute atomic E-state index is 12.2. The fraction of sp³-hybridized carbons (Fsp3) is 0.240. The van der Waals surface area contributed by atoms with Crippen molar-refractivity contribution in [3.8, 4) is 11.6 Å². The van der Waals surface area contributed by atoms with Crippen LogP contribution in [-0.4, -0.2) is 58.9 Å². The number of anilines is 3. The zero-order chi connectivity index (χ0) is 25.8. The molecule has 1 saturated heterocycles. The van der Waals surface area contributed by atoms with Gasteiger partial charge in [0.05, 0.1) is 11.0 Å². The number of nitro benzene ring substituents is 1. The molecule has 1 aromatic heterocycles. The summed E-state index contributed by atoms with van der Waals surface area (Å²) < 4.78 is 5.84. The van der Waals surface area contributed by atoms with Crippen molar-refractivity contribution in [3.63, 3.8) is 0 Å². The van der Waals surface area contributed by atoms with Crippen LogP contribution in [0.15, 0.2) is 55.1 Å². The maximum atomic E-state index is 12.2. The molecular formula is C25H27N7O4. The number of nitrogens with one attached hydrogen (secondary N) is 1. The van der Waals surface area contributed by atoms with Gasteiger partial charge in [0.1, 0.15) is 11.4 Å². The van der Waals surface area contributed by atoms with Crippen LogP contribution in [0.25, 0.3) is 5.57 Å². The first kappa shape index (κ1) is 24.6. The van der Waals surface area contributed by atoms with Crippen molar-refractivity contribution in [2.75, 3.05) is 43.4 Å². The molecule has 2 aromatic carbocycles. The molecule has 0 spiro atoms. The third-order valence-electron chi connectivity index (χ3n) is 5.74. The molecular weight excluding hydrogens is 462 g/mol. The standard InChI is InChI=1S/C25H27N7O4/c1-16(2)21-25(36-20-6-4-5-19(15-20)32(34)35)29-24(22(28-21)23(26)33)27-17-7-9-18(10-8-17)31-13-11-30(3)12-14-31/h4-10,15H,1,11-14H2,2-3H3,(H2,26,33)(H,27,29). The van der Waals surface area contributed by atoms with Crippen LogP contribution in [0, 0.1) is 10.1 Å². The van der Waals surface area contributed by atoms with E-state index in [1.807, 2.05) is 24.3 Å². The number of nitrogens with two attached hydrogens (primary N) is 1. The molecule has 1 amide bonds. The van der Waals surface area contributed by atoms with Crippen molar-refractivity contribution in [2.24, 2.45) is 5.73 Å². The summed E-state index contributed by atoms with van der Waals surface area (Å²) in [5.74, 6) is -0.455. The molecule has 1 fully saturated rings. The number of amides is 1. The van der Waals surface area contributed by atoms with Gasteiger partial charge < -0.3 is 25.6 Å². The van der Waals surface area contributed by atoms with Crippen LogP contribution in [0.2, 0.25) is 0 Å². The smallest absolute Gasteiger partial charge is 0.273 e. The first-order chi connectivity index (χ1) is 17.2. The summed E-state index contributed by atoms with van der Waals surface area (Å²) in [7, 11) is 2.11. The molecule has 0 saturated carbocycles. The van der Waals surface area contributed by atoms with E-state index in [1.54, 1.807) is 13.0 Å². The molecule has 0 unspecified atom stereocenters. The lowest BCUT2D eigenvalue weighted by molar-refractivity contribution is -0.384. The Morgan fingerprint density at radius 1 is 1.11 bits per heavy atom. The summed E-state index contributed by atoms with van der Waals surface area (Å²) in [6.07, 6.45) is 0. The van der Waals surface area contributed by atoms with E-state index < -0.39 is 10.8 Å². The minimum Gasteiger partial charge on any atom is -0.437 e. The molecule has 0 bridgehead atoms. The summed E-state index contributed by atoms with van der Waals surface area (Å²) in [6.45, 7) is 9.45. The van der Waals surface area contributed by atoms with Crippen molar-refractivity contribution in [1.82, 2.24) is 14.9 Å². The average Bonchev–Trinajstić information content (AvgIpc) is 2.85. The number of hydrogen-bond donors (Lipinski definition) is 2. The summed E-state index contributed by atoms with van der Waals surface area (Å²) in [4.78, 5) is 36.2. The number of nitrogens with zero attached hydrogens (tertiary/aromatic N) is 5. The third-order valence-corrected chi connectivity index (χ3v) is 5.74. The lowest BCUT2D eigenvalue weighted by Crippen LogP contribution is -2.44. The lowest BCUT2D eigenvalue weighted by atomic mass is 10.2. The van der Waals surface area contributed by atoms with Crippen molar-refractivity contribution < 1.29 is 14.5 Å². The third kappa shape index (κ3) is 5.58. The number of benzene rings is 2. The van der Waals surface area contributed by atoms with E-state index in [4.69, 9.17) is 10.5 Å². The van der Waals surface area contributed by atoms with Gasteiger partial charge in [-0.2, -0.15) is 4.98 Å². The Labute approximate surface area is 208 Å². The molecule has 3 aromatic rings. The molecule has 11 nitrogen and oxygen atoms in total. The number of aromatic nitrogens is 2. The normalized spacial score (nSPS) is 13.8. The predicted octanol–water partition coefficient (Wildman–Crippen LogP) is 3.80. The number of ether oxygens (including phenoxy) is 1. The van der Waals surface area contributed by atoms with Crippen molar-refractivity contribution in [3.05, 3.63) is 76.6 Å². The molecule has 1 aliphatic rings. The minimum absolute atomic E-state index is 0.0320. The van der Waals surface area contributed by atoms with Crippen LogP contribution < -0.4 is 20.7 Å². The van der Waals surface area contributed by atoms with Gasteiger partial charge in [0.15, 0.2) is 11.5 Å². The number of carbonyl (C=O) groups is 1. The molecule has 0 aliphatic carbocycles. The van der Waals surface area contributed by atoms with Crippen molar-refractivity contribution >= 4 is 34.4 Å². The number of carbonyl (C=O) groups excluding carboxylic acids is 1. The molecule has 2 heterocycles. The average molecular weight is 490 g/mol. The molecule has 3 N–H and O–H groups in total. The number of nitro groups is 1. The highest BCUT2D eigenvalue weighted by Gasteiger charge is 2.21. The fourth-order valence-electron chi connectivity index (χ4n) is 3.76. The number of piperazine rings is 1. The highest BCUT2D eigenvalue weighted by molar-refractivity contribution is 5.96. The Bertz CT molecular complexity index is 1300. The van der Waals surface area contributed by atoms with Crippen LogP contribution in [0.1, 0.15) is 23.1 Å². The SMILES string of the molecule is C=C(C)c1nc(C(N)=O)c(Nc2ccc(N3CCN(C)CC3)cc2)nc1Oc1cccc([N+](=O)[O-])c1. The molecule has 36 heavy (non-hydrogen) atoms. The summed E-state index contributed by atoms with van der Waals surface area (Å²) in [5, 5.41) is 14.2. The second-order valence-corrected chi connectivity index (χ2v) is 8.54. The summed E-state index contributed by atoms with van der Waals surface area (Å²) in [6, 6.07) is 13.4. The fourth-order valence-corrected chi connectivity index (χ4v) is 3.76. The number of allylic oxidation sites excluding steroid dienone is 1. The van der Waals surface area contributed by atoms with Crippen LogP contribution in [0.3, 0.4) is 0 Å². The zero-order valence-corrected chi connectivity index (χ0v) is 20.1. The minimum atomic E-state index is -0.775. The van der Waals surface area contributed by atoms with Gasteiger partial charge in [-0.3, -0.25) is 14.9 Å². The Balaban J connectivity index is 1.64. The van der Waals surface area contributed by atoms with Crippen LogP contribution >= 0.6 is 0 Å². The van der Waals surface area contributed by atoms with E-state index in [0.29, 0.717) is 11.3 Å². The Kier molecular flexibility index (Phi) is 7.11. The summed E-state index contributed by atoms with van der Waals surface area (Å²) in [5.41, 5.74) is 7.84. The molecule has 0 radical (unpaired) electrons. The van der Waals surface area contributed by atoms with E-state index in [-0.39, 0.29) is 34.5 Å². The van der Waals surface area contributed by atoms with Gasteiger partial charge in [0.2, 0.25) is 5.88 Å². The maximum Gasteiger partial charge on any atom is 0.273 e. The number of hydrogen-bond acceptors (Lipinski definition) is 9. The van der Waals surface area contributed by atoms with Crippen LogP contribution in [0.5, 0.6) is 11.6 Å². The summed E-state index contributed by atoms with van der Waals surface area (Å²) >= 11 is 0. The van der Waals surface area contributed by atoms with Crippen molar-refractivity contribution in [2.45, 2.75) is 6.92 Å². The highest BCUT2D eigenvalue weighted by Crippen LogP contribution is 2.32. The Morgan fingerprint density at radius 3 is 2.42 bits per heavy atom. The van der Waals surface area contributed by atoms with Gasteiger partial charge in [0.25, 0.3) is 11.6 Å². The van der Waals surface area contributed by atoms with Crippen molar-refractivity contribution in [1.29, 1.82) is 0 Å². The van der Waals surface area contributed by atoms with E-state index in [1.165, 1.54) is 18.2 Å². The second-order valence-electron chi connectivity index (χ2n) is 8.54. The molecule has 0 atom stereocenters. The van der Waals surface area contributed by atoms with Crippen LogP contribution in [-0.2, 0) is 0 Å². The largest absolute Gasteiger partial charge is 0.437 e. The Morgan fingerprint density at radius 2 is 1.81 bits per heavy atom. The van der Waals surface area contributed by atoms with E-state index >= 15 is 0 Å². The van der Waals surface area contributed by atoms with Gasteiger partial charge in [-0.1, -0.05) is 12.6 Å². The van der Waals surface area contributed by atoms with Gasteiger partial charge in [-0.25, -0.2) is 4.98 Å². The van der Waals surface area contributed by atoms with Crippen LogP contribution in [0.4, 0.5) is 22.9 Å². The number of likely N-dealkylation sites (N-methyl/N-ethyl adjacent to an activating group) is 1. The first-order valence-corrected chi connectivity index (χ1v) is 11.3. The predicted molar refractivity (Wildman–Crippen MR) is 138 cm³/mol. The van der Waals surface area contributed by atoms with E-state index in [9.17, 15) is 14.9 Å². The number of non-ortho nitro benzene ring substituents is 1. The van der Waals surface area contributed by atoms with Gasteiger partial charge in [-0.05, 0) is 49.9 Å². The first-order valence-electron chi connectivity index (χ1n) is 11.3. The van der Waals surface area contributed by atoms with Gasteiger partial charge >= 0.3 is 0 Å². The number of rotatable bonds is 8. The Hall–Kier alpha value is -4.51. The molecule has 11 heteroatoms. The monoisotopic (exact) mass is 489 g/mol. The van der Waals surface area contributed by atoms with Gasteiger partial charge in [0, 0.05) is 43.6 Å². The lowest BCUT2D eigenvalue weighted by Gasteiger charge is -2.34. The van der Waals surface area contributed by atoms with Gasteiger partial charge in [-0.15, -0.1) is 0 Å². The topological polar surface area (TPSA) is 140 Å². The number of primary amides is 1. The zero-order valence-electron chi connectivity index (χ0n) is 20.1. The quantitative estimate of drug-likeness (QED) is 0.357. The molecule has 4 rings (SSSR count).